The standard InChI is InChI=1S/C20H27N5O2/c1-15-14-18(22-16-6-3-2-4-7-16)23-20(21-15)25-11-9-24(10-12-25)19(26)17-8-5-13-27-17/h5,8,13-14,16H,2-4,6-7,9-12H2,1H3,(H,21,22,23). The van der Waals surface area contributed by atoms with Crippen LogP contribution in [0.1, 0.15) is 48.4 Å². The maximum absolute atomic E-state index is 12.4. The molecule has 0 atom stereocenters. The molecule has 3 heterocycles. The molecule has 1 saturated heterocycles. The first-order chi connectivity index (χ1) is 13.2. The van der Waals surface area contributed by atoms with Gasteiger partial charge in [-0.25, -0.2) is 4.98 Å². The fourth-order valence-corrected chi connectivity index (χ4v) is 3.89. The lowest BCUT2D eigenvalue weighted by atomic mass is 9.95. The molecular formula is C20H27N5O2. The molecule has 1 aliphatic carbocycles. The molecule has 1 aliphatic heterocycles. The Morgan fingerprint density at radius 2 is 1.93 bits per heavy atom. The summed E-state index contributed by atoms with van der Waals surface area (Å²) in [6.45, 7) is 4.73. The van der Waals surface area contributed by atoms with Crippen LogP contribution in [-0.2, 0) is 0 Å². The Morgan fingerprint density at radius 3 is 2.63 bits per heavy atom. The van der Waals surface area contributed by atoms with Crippen LogP contribution in [-0.4, -0.2) is 53.0 Å². The van der Waals surface area contributed by atoms with Crippen molar-refractivity contribution in [3.63, 3.8) is 0 Å². The maximum Gasteiger partial charge on any atom is 0.289 e. The molecule has 1 saturated carbocycles. The van der Waals surface area contributed by atoms with Crippen molar-refractivity contribution in [3.05, 3.63) is 35.9 Å². The number of nitrogens with zero attached hydrogens (tertiary/aromatic N) is 4. The molecule has 0 unspecified atom stereocenters. The molecule has 2 aliphatic rings. The summed E-state index contributed by atoms with van der Waals surface area (Å²) in [4.78, 5) is 25.8. The summed E-state index contributed by atoms with van der Waals surface area (Å²) in [5.74, 6) is 2.01. The molecule has 0 aromatic carbocycles. The van der Waals surface area contributed by atoms with E-state index in [1.54, 1.807) is 12.1 Å². The molecule has 0 radical (unpaired) electrons. The summed E-state index contributed by atoms with van der Waals surface area (Å²) >= 11 is 0. The third-order valence-electron chi connectivity index (χ3n) is 5.38. The largest absolute Gasteiger partial charge is 0.459 e. The Balaban J connectivity index is 1.39. The summed E-state index contributed by atoms with van der Waals surface area (Å²) in [6, 6.07) is 5.99. The van der Waals surface area contributed by atoms with Gasteiger partial charge in [-0.3, -0.25) is 4.79 Å². The average Bonchev–Trinajstić information content (AvgIpc) is 3.23. The van der Waals surface area contributed by atoms with Gasteiger partial charge in [-0.15, -0.1) is 0 Å². The zero-order chi connectivity index (χ0) is 18.6. The highest BCUT2D eigenvalue weighted by Gasteiger charge is 2.25. The highest BCUT2D eigenvalue weighted by Crippen LogP contribution is 2.23. The van der Waals surface area contributed by atoms with Crippen LogP contribution in [0.3, 0.4) is 0 Å². The van der Waals surface area contributed by atoms with E-state index in [1.807, 2.05) is 17.9 Å². The number of piperazine rings is 1. The molecular weight excluding hydrogens is 342 g/mol. The van der Waals surface area contributed by atoms with Crippen LogP contribution in [0.15, 0.2) is 28.9 Å². The lowest BCUT2D eigenvalue weighted by Gasteiger charge is -2.34. The van der Waals surface area contributed by atoms with E-state index in [-0.39, 0.29) is 5.91 Å². The fourth-order valence-electron chi connectivity index (χ4n) is 3.89. The number of amides is 1. The van der Waals surface area contributed by atoms with Crippen molar-refractivity contribution in [2.75, 3.05) is 36.4 Å². The first-order valence-electron chi connectivity index (χ1n) is 9.89. The van der Waals surface area contributed by atoms with Crippen LogP contribution in [0.25, 0.3) is 0 Å². The number of carbonyl (C=O) groups is 1. The van der Waals surface area contributed by atoms with E-state index >= 15 is 0 Å². The number of nitrogens with one attached hydrogen (secondary N) is 1. The van der Waals surface area contributed by atoms with Gasteiger partial charge in [0.1, 0.15) is 5.82 Å². The van der Waals surface area contributed by atoms with Crippen molar-refractivity contribution in [1.29, 1.82) is 0 Å². The van der Waals surface area contributed by atoms with Crippen molar-refractivity contribution < 1.29 is 9.21 Å². The quantitative estimate of drug-likeness (QED) is 0.893. The van der Waals surface area contributed by atoms with Crippen molar-refractivity contribution in [2.24, 2.45) is 0 Å². The molecule has 144 valence electrons. The molecule has 1 amide bonds. The van der Waals surface area contributed by atoms with E-state index in [4.69, 9.17) is 9.40 Å². The van der Waals surface area contributed by atoms with Crippen molar-refractivity contribution in [3.8, 4) is 0 Å². The van der Waals surface area contributed by atoms with E-state index in [1.165, 1.54) is 38.4 Å². The lowest BCUT2D eigenvalue weighted by Crippen LogP contribution is -2.49. The van der Waals surface area contributed by atoms with E-state index in [9.17, 15) is 4.79 Å². The van der Waals surface area contributed by atoms with E-state index in [2.05, 4.69) is 15.2 Å². The molecule has 0 spiro atoms. The third kappa shape index (κ3) is 4.23. The summed E-state index contributed by atoms with van der Waals surface area (Å²) in [5, 5.41) is 3.59. The van der Waals surface area contributed by atoms with Crippen LogP contribution in [0.5, 0.6) is 0 Å². The predicted molar refractivity (Wildman–Crippen MR) is 104 cm³/mol. The smallest absolute Gasteiger partial charge is 0.289 e. The minimum atomic E-state index is -0.0514. The van der Waals surface area contributed by atoms with E-state index < -0.39 is 0 Å². The number of carbonyl (C=O) groups excluding carboxylic acids is 1. The van der Waals surface area contributed by atoms with Gasteiger partial charge in [0.15, 0.2) is 5.76 Å². The number of aryl methyl sites for hydroxylation is 1. The van der Waals surface area contributed by atoms with Crippen molar-refractivity contribution >= 4 is 17.7 Å². The number of hydrogen-bond donors (Lipinski definition) is 1. The first-order valence-corrected chi connectivity index (χ1v) is 9.89. The highest BCUT2D eigenvalue weighted by molar-refractivity contribution is 5.91. The van der Waals surface area contributed by atoms with Crippen LogP contribution in [0, 0.1) is 6.92 Å². The molecule has 2 fully saturated rings. The summed E-state index contributed by atoms with van der Waals surface area (Å²) in [7, 11) is 0. The second-order valence-corrected chi connectivity index (χ2v) is 7.43. The number of anilines is 2. The van der Waals surface area contributed by atoms with E-state index in [0.717, 1.165) is 30.5 Å². The van der Waals surface area contributed by atoms with Gasteiger partial charge < -0.3 is 19.5 Å². The van der Waals surface area contributed by atoms with Crippen LogP contribution < -0.4 is 10.2 Å². The summed E-state index contributed by atoms with van der Waals surface area (Å²) in [5.41, 5.74) is 0.965. The van der Waals surface area contributed by atoms with Gasteiger partial charge in [-0.2, -0.15) is 4.98 Å². The SMILES string of the molecule is Cc1cc(NC2CCCCC2)nc(N2CCN(C(=O)c3ccco3)CC2)n1. The summed E-state index contributed by atoms with van der Waals surface area (Å²) < 4.78 is 5.23. The predicted octanol–water partition coefficient (Wildman–Crippen LogP) is 3.09. The zero-order valence-electron chi connectivity index (χ0n) is 15.9. The Kier molecular flexibility index (Phi) is 5.27. The van der Waals surface area contributed by atoms with Gasteiger partial charge >= 0.3 is 0 Å². The molecule has 27 heavy (non-hydrogen) atoms. The number of rotatable bonds is 4. The normalized spacial score (nSPS) is 18.6. The maximum atomic E-state index is 12.4. The molecule has 0 bridgehead atoms. The van der Waals surface area contributed by atoms with Gasteiger partial charge in [0.05, 0.1) is 6.26 Å². The average molecular weight is 369 g/mol. The van der Waals surface area contributed by atoms with Gasteiger partial charge in [0.2, 0.25) is 5.95 Å². The van der Waals surface area contributed by atoms with Crippen LogP contribution in [0.2, 0.25) is 0 Å². The molecule has 7 heteroatoms. The second kappa shape index (κ2) is 7.98. The minimum Gasteiger partial charge on any atom is -0.459 e. The molecule has 4 rings (SSSR count). The van der Waals surface area contributed by atoms with Crippen molar-refractivity contribution in [1.82, 2.24) is 14.9 Å². The number of hydrogen-bond acceptors (Lipinski definition) is 6. The van der Waals surface area contributed by atoms with Gasteiger partial charge in [-0.05, 0) is 31.9 Å². The van der Waals surface area contributed by atoms with Gasteiger partial charge in [0.25, 0.3) is 5.91 Å². The van der Waals surface area contributed by atoms with Crippen LogP contribution >= 0.6 is 0 Å². The number of furan rings is 1. The third-order valence-corrected chi connectivity index (χ3v) is 5.38. The second-order valence-electron chi connectivity index (χ2n) is 7.43. The Labute approximate surface area is 159 Å². The monoisotopic (exact) mass is 369 g/mol. The van der Waals surface area contributed by atoms with E-state index in [0.29, 0.717) is 24.9 Å². The minimum absolute atomic E-state index is 0.0514. The summed E-state index contributed by atoms with van der Waals surface area (Å²) in [6.07, 6.45) is 7.89. The van der Waals surface area contributed by atoms with Crippen LogP contribution in [0.4, 0.5) is 11.8 Å². The molecule has 1 N–H and O–H groups in total. The molecule has 2 aromatic rings. The zero-order valence-corrected chi connectivity index (χ0v) is 15.9. The molecule has 2 aromatic heterocycles. The van der Waals surface area contributed by atoms with Gasteiger partial charge in [0, 0.05) is 44.0 Å². The Morgan fingerprint density at radius 1 is 1.15 bits per heavy atom. The molecule has 7 nitrogen and oxygen atoms in total. The highest BCUT2D eigenvalue weighted by atomic mass is 16.3. The lowest BCUT2D eigenvalue weighted by molar-refractivity contribution is 0.0714. The Bertz CT molecular complexity index is 763. The first kappa shape index (κ1) is 17.8. The topological polar surface area (TPSA) is 74.5 Å². The van der Waals surface area contributed by atoms with Gasteiger partial charge in [-0.1, -0.05) is 19.3 Å². The Hall–Kier alpha value is -2.57. The number of aromatic nitrogens is 2. The van der Waals surface area contributed by atoms with Crippen molar-refractivity contribution in [2.45, 2.75) is 45.1 Å². The fraction of sp³-hybridized carbons (Fsp3) is 0.550.